The highest BCUT2D eigenvalue weighted by atomic mass is 16.4. The third-order valence-corrected chi connectivity index (χ3v) is 2.33. The molecule has 0 saturated heterocycles. The number of amides is 1. The maximum atomic E-state index is 11.5. The van der Waals surface area contributed by atoms with Crippen molar-refractivity contribution in [2.75, 3.05) is 18.4 Å². The first-order valence-electron chi connectivity index (χ1n) is 6.13. The van der Waals surface area contributed by atoms with Gasteiger partial charge < -0.3 is 15.7 Å². The van der Waals surface area contributed by atoms with Crippen molar-refractivity contribution >= 4 is 23.6 Å². The Kier molecular flexibility index (Phi) is 6.32. The van der Waals surface area contributed by atoms with Crippen LogP contribution in [0, 0.1) is 0 Å². The number of hydrogen-bond acceptors (Lipinski definition) is 3. The van der Waals surface area contributed by atoms with Crippen molar-refractivity contribution in [3.63, 3.8) is 0 Å². The molecule has 1 aromatic carbocycles. The van der Waals surface area contributed by atoms with Crippen LogP contribution < -0.4 is 10.6 Å². The molecule has 0 atom stereocenters. The number of carboxylic acid groups (broad SMARTS) is 1. The van der Waals surface area contributed by atoms with Crippen molar-refractivity contribution in [2.24, 2.45) is 0 Å². The molecule has 5 heteroatoms. The number of rotatable bonds is 7. The monoisotopic (exact) mass is 262 g/mol. The van der Waals surface area contributed by atoms with E-state index in [1.54, 1.807) is 24.3 Å². The van der Waals surface area contributed by atoms with Gasteiger partial charge in [-0.1, -0.05) is 19.1 Å². The molecule has 0 saturated carbocycles. The molecular weight excluding hydrogens is 244 g/mol. The molecule has 0 aliphatic carbocycles. The van der Waals surface area contributed by atoms with Crippen LogP contribution >= 0.6 is 0 Å². The van der Waals surface area contributed by atoms with E-state index >= 15 is 0 Å². The van der Waals surface area contributed by atoms with Gasteiger partial charge in [0.25, 0.3) is 0 Å². The van der Waals surface area contributed by atoms with Crippen LogP contribution in [0.2, 0.25) is 0 Å². The van der Waals surface area contributed by atoms with Crippen LogP contribution in [0.4, 0.5) is 5.69 Å². The Labute approximate surface area is 112 Å². The number of carboxylic acids is 1. The van der Waals surface area contributed by atoms with Crippen molar-refractivity contribution in [1.29, 1.82) is 0 Å². The summed E-state index contributed by atoms with van der Waals surface area (Å²) in [5, 5.41) is 14.3. The van der Waals surface area contributed by atoms with Gasteiger partial charge in [-0.05, 0) is 36.7 Å². The van der Waals surface area contributed by atoms with Gasteiger partial charge in [-0.15, -0.1) is 0 Å². The summed E-state index contributed by atoms with van der Waals surface area (Å²) >= 11 is 0. The minimum Gasteiger partial charge on any atom is -0.478 e. The lowest BCUT2D eigenvalue weighted by Crippen LogP contribution is -2.28. The highest BCUT2D eigenvalue weighted by Gasteiger charge is 2.00. The second kappa shape index (κ2) is 8.05. The fourth-order valence-corrected chi connectivity index (χ4v) is 1.43. The quantitative estimate of drug-likeness (QED) is 0.516. The molecule has 0 aromatic heterocycles. The van der Waals surface area contributed by atoms with Gasteiger partial charge in [0.1, 0.15) is 0 Å². The van der Waals surface area contributed by atoms with E-state index in [1.807, 2.05) is 6.92 Å². The summed E-state index contributed by atoms with van der Waals surface area (Å²) in [6.07, 6.45) is 3.55. The van der Waals surface area contributed by atoms with Crippen LogP contribution in [-0.2, 0) is 9.59 Å². The number of hydrogen-bond donors (Lipinski definition) is 3. The van der Waals surface area contributed by atoms with Crippen molar-refractivity contribution in [3.05, 3.63) is 35.9 Å². The average Bonchev–Trinajstić information content (AvgIpc) is 2.38. The Bertz CT molecular complexity index is 452. The summed E-state index contributed by atoms with van der Waals surface area (Å²) in [4.78, 5) is 21.9. The molecule has 0 unspecified atom stereocenters. The molecule has 0 radical (unpaired) electrons. The van der Waals surface area contributed by atoms with Crippen molar-refractivity contribution in [3.8, 4) is 0 Å². The van der Waals surface area contributed by atoms with E-state index in [9.17, 15) is 9.59 Å². The largest absolute Gasteiger partial charge is 0.478 e. The smallest absolute Gasteiger partial charge is 0.328 e. The summed E-state index contributed by atoms with van der Waals surface area (Å²) in [6, 6.07) is 6.96. The zero-order valence-electron chi connectivity index (χ0n) is 10.8. The molecule has 0 heterocycles. The number of aliphatic carboxylic acids is 1. The van der Waals surface area contributed by atoms with Gasteiger partial charge in [0.05, 0.1) is 6.54 Å². The van der Waals surface area contributed by atoms with Crippen LogP contribution in [0.3, 0.4) is 0 Å². The normalized spacial score (nSPS) is 10.6. The van der Waals surface area contributed by atoms with E-state index in [0.29, 0.717) is 5.69 Å². The maximum absolute atomic E-state index is 11.5. The number of benzene rings is 1. The first kappa shape index (κ1) is 14.9. The summed E-state index contributed by atoms with van der Waals surface area (Å²) in [5.74, 6) is -1.08. The molecule has 1 rings (SSSR count). The average molecular weight is 262 g/mol. The van der Waals surface area contributed by atoms with Crippen LogP contribution in [0.25, 0.3) is 6.08 Å². The summed E-state index contributed by atoms with van der Waals surface area (Å²) in [7, 11) is 0. The molecule has 1 aromatic rings. The Hall–Kier alpha value is -2.14. The SMILES string of the molecule is CCCNCC(=O)Nc1ccc(/C=C/C(=O)O)cc1. The predicted molar refractivity (Wildman–Crippen MR) is 74.9 cm³/mol. The van der Waals surface area contributed by atoms with Gasteiger partial charge in [-0.2, -0.15) is 0 Å². The number of carbonyl (C=O) groups is 2. The lowest BCUT2D eigenvalue weighted by molar-refractivity contribution is -0.131. The molecular formula is C14H18N2O3. The Morgan fingerprint density at radius 3 is 2.53 bits per heavy atom. The fraction of sp³-hybridized carbons (Fsp3) is 0.286. The van der Waals surface area contributed by atoms with Gasteiger partial charge in [-0.25, -0.2) is 4.79 Å². The van der Waals surface area contributed by atoms with Gasteiger partial charge in [0.15, 0.2) is 0 Å². The first-order chi connectivity index (χ1) is 9.11. The summed E-state index contributed by atoms with van der Waals surface area (Å²) in [5.41, 5.74) is 1.46. The number of nitrogens with one attached hydrogen (secondary N) is 2. The first-order valence-corrected chi connectivity index (χ1v) is 6.13. The Balaban J connectivity index is 2.47. The minimum atomic E-state index is -0.987. The van der Waals surface area contributed by atoms with Crippen LogP contribution in [0.5, 0.6) is 0 Å². The van der Waals surface area contributed by atoms with Crippen LogP contribution in [-0.4, -0.2) is 30.1 Å². The molecule has 3 N–H and O–H groups in total. The van der Waals surface area contributed by atoms with E-state index in [4.69, 9.17) is 5.11 Å². The van der Waals surface area contributed by atoms with Gasteiger partial charge >= 0.3 is 5.97 Å². The molecule has 102 valence electrons. The minimum absolute atomic E-state index is 0.0951. The highest BCUT2D eigenvalue weighted by Crippen LogP contribution is 2.10. The van der Waals surface area contributed by atoms with Crippen LogP contribution in [0.15, 0.2) is 30.3 Å². The van der Waals surface area contributed by atoms with Crippen molar-refractivity contribution in [1.82, 2.24) is 5.32 Å². The second-order valence-corrected chi connectivity index (χ2v) is 4.02. The summed E-state index contributed by atoms with van der Waals surface area (Å²) < 4.78 is 0. The van der Waals surface area contributed by atoms with E-state index < -0.39 is 5.97 Å². The second-order valence-electron chi connectivity index (χ2n) is 4.02. The third-order valence-electron chi connectivity index (χ3n) is 2.33. The topological polar surface area (TPSA) is 78.4 Å². The molecule has 19 heavy (non-hydrogen) atoms. The molecule has 5 nitrogen and oxygen atoms in total. The van der Waals surface area contributed by atoms with E-state index in [2.05, 4.69) is 10.6 Å². The molecule has 0 aliphatic rings. The lowest BCUT2D eigenvalue weighted by atomic mass is 10.2. The molecule has 1 amide bonds. The van der Waals surface area contributed by atoms with Crippen molar-refractivity contribution in [2.45, 2.75) is 13.3 Å². The van der Waals surface area contributed by atoms with E-state index in [-0.39, 0.29) is 12.5 Å². The maximum Gasteiger partial charge on any atom is 0.328 e. The molecule has 0 spiro atoms. The highest BCUT2D eigenvalue weighted by molar-refractivity contribution is 5.92. The van der Waals surface area contributed by atoms with E-state index in [1.165, 1.54) is 6.08 Å². The van der Waals surface area contributed by atoms with Gasteiger partial charge in [-0.3, -0.25) is 4.79 Å². The van der Waals surface area contributed by atoms with Crippen LogP contribution in [0.1, 0.15) is 18.9 Å². The fourth-order valence-electron chi connectivity index (χ4n) is 1.43. The Morgan fingerprint density at radius 2 is 1.95 bits per heavy atom. The molecule has 0 aliphatic heterocycles. The third kappa shape index (κ3) is 6.38. The van der Waals surface area contributed by atoms with Crippen molar-refractivity contribution < 1.29 is 14.7 Å². The molecule has 0 bridgehead atoms. The van der Waals surface area contributed by atoms with Gasteiger partial charge in [0, 0.05) is 11.8 Å². The lowest BCUT2D eigenvalue weighted by Gasteiger charge is -2.06. The van der Waals surface area contributed by atoms with E-state index in [0.717, 1.165) is 24.6 Å². The zero-order valence-corrected chi connectivity index (χ0v) is 10.8. The zero-order chi connectivity index (χ0) is 14.1. The van der Waals surface area contributed by atoms with Gasteiger partial charge in [0.2, 0.25) is 5.91 Å². The Morgan fingerprint density at radius 1 is 1.26 bits per heavy atom. The molecule has 0 fully saturated rings. The number of carbonyl (C=O) groups excluding carboxylic acids is 1. The standard InChI is InChI=1S/C14H18N2O3/c1-2-9-15-10-13(17)16-12-6-3-11(4-7-12)5-8-14(18)19/h3-8,15H,2,9-10H2,1H3,(H,16,17)(H,18,19)/b8-5+. The summed E-state index contributed by atoms with van der Waals surface area (Å²) in [6.45, 7) is 3.13. The predicted octanol–water partition coefficient (Wildman–Crippen LogP) is 1.72. The number of anilines is 1.